The number of carbonyl (C=O) groups is 2. The molecule has 2 heterocycles. The van der Waals surface area contributed by atoms with Crippen molar-refractivity contribution in [3.63, 3.8) is 0 Å². The van der Waals surface area contributed by atoms with E-state index in [2.05, 4.69) is 5.32 Å². The van der Waals surface area contributed by atoms with Gasteiger partial charge >= 0.3 is 0 Å². The van der Waals surface area contributed by atoms with Gasteiger partial charge in [0, 0.05) is 12.6 Å². The fourth-order valence-electron chi connectivity index (χ4n) is 3.47. The monoisotopic (exact) mass is 349 g/mol. The van der Waals surface area contributed by atoms with E-state index in [9.17, 15) is 14.7 Å². The minimum atomic E-state index is -0.606. The third-order valence-corrected chi connectivity index (χ3v) is 4.87. The van der Waals surface area contributed by atoms with Gasteiger partial charge in [-0.2, -0.15) is 0 Å². The Labute approximate surface area is 150 Å². The Balaban J connectivity index is 1.65. The number of anilines is 1. The van der Waals surface area contributed by atoms with E-state index in [1.54, 1.807) is 41.3 Å². The summed E-state index contributed by atoms with van der Waals surface area (Å²) in [4.78, 5) is 26.9. The zero-order valence-corrected chi connectivity index (χ0v) is 14.1. The van der Waals surface area contributed by atoms with Crippen molar-refractivity contribution in [2.24, 2.45) is 5.73 Å². The van der Waals surface area contributed by atoms with E-state index >= 15 is 0 Å². The first-order valence-corrected chi connectivity index (χ1v) is 8.51. The number of nitrogens with one attached hydrogen (secondary N) is 1. The second-order valence-electron chi connectivity index (χ2n) is 6.62. The Hall–Kier alpha value is -3.12. The van der Waals surface area contributed by atoms with Crippen LogP contribution in [0.15, 0.2) is 42.5 Å². The lowest BCUT2D eigenvalue weighted by molar-refractivity contribution is -0.119. The number of aromatic hydroxyl groups is 1. The summed E-state index contributed by atoms with van der Waals surface area (Å²) in [6.45, 7) is 0.491. The van der Waals surface area contributed by atoms with Crippen LogP contribution in [0, 0.1) is 0 Å². The maximum Gasteiger partial charge on any atom is 0.256 e. The summed E-state index contributed by atoms with van der Waals surface area (Å²) in [6.07, 6.45) is 4.41. The average Bonchev–Trinajstić information content (AvgIpc) is 2.98. The summed E-state index contributed by atoms with van der Waals surface area (Å²) >= 11 is 0. The largest absolute Gasteiger partial charge is 0.508 e. The van der Waals surface area contributed by atoms with Gasteiger partial charge in [-0.05, 0) is 41.8 Å². The summed E-state index contributed by atoms with van der Waals surface area (Å²) in [6, 6.07) is 11.3. The minimum absolute atomic E-state index is 0.170. The molecule has 0 unspecified atom stereocenters. The number of phenolic OH excluding ortho intramolecular Hbond substituents is 1. The molecule has 2 atom stereocenters. The SMILES string of the molecule is N[C@H]1CCN2C(=O)c3cc(C=Cc4ccc(O)cc4)ccc3NC(=O)[C@H]12. The number of hydrogen-bond donors (Lipinski definition) is 3. The molecular formula is C20H19N3O3. The molecule has 6 nitrogen and oxygen atoms in total. The fraction of sp³-hybridized carbons (Fsp3) is 0.200. The van der Waals surface area contributed by atoms with Crippen LogP contribution in [0.3, 0.4) is 0 Å². The topological polar surface area (TPSA) is 95.7 Å². The Morgan fingerprint density at radius 3 is 2.54 bits per heavy atom. The molecule has 0 aromatic heterocycles. The Morgan fingerprint density at radius 2 is 1.77 bits per heavy atom. The second kappa shape index (κ2) is 6.31. The summed E-state index contributed by atoms with van der Waals surface area (Å²) < 4.78 is 0. The molecule has 4 N–H and O–H groups in total. The van der Waals surface area contributed by atoms with E-state index in [-0.39, 0.29) is 23.6 Å². The van der Waals surface area contributed by atoms with Crippen molar-refractivity contribution in [2.75, 3.05) is 11.9 Å². The van der Waals surface area contributed by atoms with Crippen LogP contribution < -0.4 is 11.1 Å². The molecule has 1 fully saturated rings. The third kappa shape index (κ3) is 2.84. The number of carbonyl (C=O) groups excluding carboxylic acids is 2. The maximum absolute atomic E-state index is 12.9. The number of rotatable bonds is 2. The van der Waals surface area contributed by atoms with Crippen LogP contribution in [-0.4, -0.2) is 40.4 Å². The molecule has 0 aliphatic carbocycles. The Bertz CT molecular complexity index is 905. The lowest BCUT2D eigenvalue weighted by Gasteiger charge is -2.22. The lowest BCUT2D eigenvalue weighted by Crippen LogP contribution is -2.48. The van der Waals surface area contributed by atoms with E-state index in [0.29, 0.717) is 24.2 Å². The van der Waals surface area contributed by atoms with Gasteiger partial charge in [-0.25, -0.2) is 0 Å². The molecule has 0 bridgehead atoms. The van der Waals surface area contributed by atoms with E-state index < -0.39 is 6.04 Å². The highest BCUT2D eigenvalue weighted by atomic mass is 16.3. The summed E-state index contributed by atoms with van der Waals surface area (Å²) in [7, 11) is 0. The summed E-state index contributed by atoms with van der Waals surface area (Å²) in [5, 5.41) is 12.2. The predicted octanol–water partition coefficient (Wildman–Crippen LogP) is 2.06. The maximum atomic E-state index is 12.9. The van der Waals surface area contributed by atoms with Crippen LogP contribution in [-0.2, 0) is 4.79 Å². The van der Waals surface area contributed by atoms with Crippen LogP contribution in [0.2, 0.25) is 0 Å². The highest BCUT2D eigenvalue weighted by Gasteiger charge is 2.43. The number of nitrogens with zero attached hydrogens (tertiary/aromatic N) is 1. The third-order valence-electron chi connectivity index (χ3n) is 4.87. The average molecular weight is 349 g/mol. The van der Waals surface area contributed by atoms with Crippen molar-refractivity contribution in [1.82, 2.24) is 4.90 Å². The Morgan fingerprint density at radius 1 is 1.08 bits per heavy atom. The number of phenols is 1. The minimum Gasteiger partial charge on any atom is -0.508 e. The van der Waals surface area contributed by atoms with Crippen LogP contribution in [0.4, 0.5) is 5.69 Å². The van der Waals surface area contributed by atoms with Crippen molar-refractivity contribution in [1.29, 1.82) is 0 Å². The molecule has 6 heteroatoms. The molecular weight excluding hydrogens is 330 g/mol. The van der Waals surface area contributed by atoms with Crippen molar-refractivity contribution >= 4 is 29.7 Å². The van der Waals surface area contributed by atoms with E-state index in [0.717, 1.165) is 11.1 Å². The zero-order valence-electron chi connectivity index (χ0n) is 14.1. The molecule has 0 spiro atoms. The van der Waals surface area contributed by atoms with Gasteiger partial charge in [0.05, 0.1) is 11.3 Å². The first-order valence-electron chi connectivity index (χ1n) is 8.51. The molecule has 2 aliphatic heterocycles. The molecule has 4 rings (SSSR count). The zero-order chi connectivity index (χ0) is 18.3. The first-order chi connectivity index (χ1) is 12.5. The van der Waals surface area contributed by atoms with Gasteiger partial charge in [0.1, 0.15) is 11.8 Å². The number of hydrogen-bond acceptors (Lipinski definition) is 4. The molecule has 1 saturated heterocycles. The quantitative estimate of drug-likeness (QED) is 0.723. The van der Waals surface area contributed by atoms with Gasteiger partial charge in [-0.15, -0.1) is 0 Å². The molecule has 132 valence electrons. The molecule has 2 amide bonds. The van der Waals surface area contributed by atoms with Crippen molar-refractivity contribution in [2.45, 2.75) is 18.5 Å². The number of benzene rings is 2. The van der Waals surface area contributed by atoms with E-state index in [1.165, 1.54) is 0 Å². The first kappa shape index (κ1) is 16.4. The summed E-state index contributed by atoms with van der Waals surface area (Å²) in [5.74, 6) is -0.183. The molecule has 2 aromatic rings. The molecule has 0 radical (unpaired) electrons. The Kier molecular flexibility index (Phi) is 3.97. The number of amides is 2. The standard InChI is InChI=1S/C20H19N3O3/c21-16-9-10-23-18(16)19(25)22-17-8-5-13(11-15(17)20(23)26)2-1-12-3-6-14(24)7-4-12/h1-8,11,16,18,24H,9-10,21H2,(H,22,25)/t16-,18-/m0/s1. The van der Waals surface area contributed by atoms with Crippen molar-refractivity contribution < 1.29 is 14.7 Å². The van der Waals surface area contributed by atoms with Crippen LogP contribution in [0.25, 0.3) is 12.2 Å². The lowest BCUT2D eigenvalue weighted by atomic mass is 10.1. The van der Waals surface area contributed by atoms with E-state index in [4.69, 9.17) is 5.73 Å². The molecule has 0 saturated carbocycles. The van der Waals surface area contributed by atoms with Gasteiger partial charge < -0.3 is 21.1 Å². The van der Waals surface area contributed by atoms with Gasteiger partial charge in [-0.1, -0.05) is 30.4 Å². The predicted molar refractivity (Wildman–Crippen MR) is 99.5 cm³/mol. The van der Waals surface area contributed by atoms with E-state index in [1.807, 2.05) is 18.2 Å². The number of nitrogens with two attached hydrogens (primary N) is 1. The molecule has 26 heavy (non-hydrogen) atoms. The van der Waals surface area contributed by atoms with Crippen molar-refractivity contribution in [3.05, 3.63) is 59.2 Å². The number of fused-ring (bicyclic) bond motifs is 2. The smallest absolute Gasteiger partial charge is 0.256 e. The van der Waals surface area contributed by atoms with Gasteiger partial charge in [-0.3, -0.25) is 9.59 Å². The highest BCUT2D eigenvalue weighted by Crippen LogP contribution is 2.29. The highest BCUT2D eigenvalue weighted by molar-refractivity contribution is 6.10. The normalized spacial score (nSPS) is 22.1. The van der Waals surface area contributed by atoms with Crippen LogP contribution in [0.1, 0.15) is 27.9 Å². The van der Waals surface area contributed by atoms with Gasteiger partial charge in [0.2, 0.25) is 5.91 Å². The molecule has 2 aromatic carbocycles. The second-order valence-corrected chi connectivity index (χ2v) is 6.62. The van der Waals surface area contributed by atoms with Crippen molar-refractivity contribution in [3.8, 4) is 5.75 Å². The van der Waals surface area contributed by atoms with Gasteiger partial charge in [0.25, 0.3) is 5.91 Å². The molecule has 2 aliphatic rings. The summed E-state index contributed by atoms with van der Waals surface area (Å²) in [5.41, 5.74) is 8.79. The van der Waals surface area contributed by atoms with Gasteiger partial charge in [0.15, 0.2) is 0 Å². The van der Waals surface area contributed by atoms with Crippen LogP contribution in [0.5, 0.6) is 5.75 Å². The fourth-order valence-corrected chi connectivity index (χ4v) is 3.47. The van der Waals surface area contributed by atoms with Crippen LogP contribution >= 0.6 is 0 Å².